The van der Waals surface area contributed by atoms with Crippen LogP contribution in [0.15, 0.2) is 18.2 Å². The molecule has 4 nitrogen and oxygen atoms in total. The molecule has 1 aromatic rings. The molecule has 1 heterocycles. The Labute approximate surface area is 83.8 Å². The molecular formula is C8H9F3N2O2. The van der Waals surface area contributed by atoms with E-state index in [1.807, 2.05) is 0 Å². The molecule has 1 rings (SSSR count). The van der Waals surface area contributed by atoms with Gasteiger partial charge in [-0.2, -0.15) is 13.2 Å². The summed E-state index contributed by atoms with van der Waals surface area (Å²) in [6, 6.07) is 4.50. The van der Waals surface area contributed by atoms with Crippen molar-refractivity contribution >= 4 is 5.82 Å². The van der Waals surface area contributed by atoms with E-state index in [4.69, 9.17) is 5.21 Å². The summed E-state index contributed by atoms with van der Waals surface area (Å²) in [6.07, 6.45) is -4.50. The standard InChI is InChI=1S/C8H9F3N2O2/c1-6-3-2-4-7(12-6)13(14)15-5-8(9,10)11/h2-4,14H,5H2,1H3. The van der Waals surface area contributed by atoms with Gasteiger partial charge < -0.3 is 0 Å². The van der Waals surface area contributed by atoms with Gasteiger partial charge in [-0.05, 0) is 19.1 Å². The lowest BCUT2D eigenvalue weighted by molar-refractivity contribution is -0.199. The maximum Gasteiger partial charge on any atom is 0.414 e. The first-order chi connectivity index (χ1) is 6.88. The normalized spacial score (nSPS) is 11.5. The number of nitrogens with zero attached hydrogens (tertiary/aromatic N) is 2. The second-order valence-electron chi connectivity index (χ2n) is 2.80. The molecule has 0 unspecified atom stereocenters. The number of halogens is 3. The van der Waals surface area contributed by atoms with Gasteiger partial charge in [-0.25, -0.2) is 9.82 Å². The van der Waals surface area contributed by atoms with E-state index in [0.29, 0.717) is 5.69 Å². The summed E-state index contributed by atoms with van der Waals surface area (Å²) in [4.78, 5) is 7.81. The predicted octanol–water partition coefficient (Wildman–Crippen LogP) is 2.08. The first-order valence-corrected chi connectivity index (χ1v) is 4.01. The predicted molar refractivity (Wildman–Crippen MR) is 45.2 cm³/mol. The van der Waals surface area contributed by atoms with Gasteiger partial charge in [-0.3, -0.25) is 5.21 Å². The van der Waals surface area contributed by atoms with Crippen LogP contribution in [0.2, 0.25) is 0 Å². The smallest absolute Gasteiger partial charge is 0.262 e. The van der Waals surface area contributed by atoms with E-state index in [-0.39, 0.29) is 11.0 Å². The molecule has 0 saturated carbocycles. The highest BCUT2D eigenvalue weighted by Crippen LogP contribution is 2.17. The van der Waals surface area contributed by atoms with Gasteiger partial charge in [0.2, 0.25) is 0 Å². The molecule has 0 aliphatic heterocycles. The lowest BCUT2D eigenvalue weighted by Crippen LogP contribution is -2.27. The minimum absolute atomic E-state index is 0.000486. The van der Waals surface area contributed by atoms with Gasteiger partial charge in [0.05, 0.1) is 0 Å². The molecule has 0 radical (unpaired) electrons. The lowest BCUT2D eigenvalue weighted by Gasteiger charge is -2.16. The van der Waals surface area contributed by atoms with E-state index >= 15 is 0 Å². The molecule has 7 heteroatoms. The van der Waals surface area contributed by atoms with Crippen LogP contribution in [0.5, 0.6) is 0 Å². The van der Waals surface area contributed by atoms with Gasteiger partial charge in [0.1, 0.15) is 0 Å². The van der Waals surface area contributed by atoms with Crippen molar-refractivity contribution in [3.05, 3.63) is 23.9 Å². The Kier molecular flexibility index (Phi) is 3.48. The minimum atomic E-state index is -4.50. The molecule has 0 aliphatic carbocycles. The molecule has 0 bridgehead atoms. The molecule has 0 fully saturated rings. The van der Waals surface area contributed by atoms with Gasteiger partial charge in [-0.15, -0.1) is 5.23 Å². The molecule has 84 valence electrons. The third-order valence-corrected chi connectivity index (χ3v) is 1.42. The number of pyridine rings is 1. The Morgan fingerprint density at radius 1 is 1.47 bits per heavy atom. The second-order valence-corrected chi connectivity index (χ2v) is 2.80. The van der Waals surface area contributed by atoms with E-state index in [1.165, 1.54) is 12.1 Å². The zero-order valence-corrected chi connectivity index (χ0v) is 7.82. The van der Waals surface area contributed by atoms with Crippen LogP contribution >= 0.6 is 0 Å². The van der Waals surface area contributed by atoms with E-state index < -0.39 is 12.8 Å². The van der Waals surface area contributed by atoms with Crippen molar-refractivity contribution in [2.24, 2.45) is 0 Å². The number of hydrogen-bond donors (Lipinski definition) is 1. The number of hydrogen-bond acceptors (Lipinski definition) is 4. The zero-order valence-electron chi connectivity index (χ0n) is 7.82. The highest BCUT2D eigenvalue weighted by Gasteiger charge is 2.29. The molecule has 0 spiro atoms. The zero-order chi connectivity index (χ0) is 11.5. The average Bonchev–Trinajstić information content (AvgIpc) is 2.13. The monoisotopic (exact) mass is 222 g/mol. The van der Waals surface area contributed by atoms with E-state index in [1.54, 1.807) is 13.0 Å². The Morgan fingerprint density at radius 3 is 2.67 bits per heavy atom. The van der Waals surface area contributed by atoms with Crippen molar-refractivity contribution in [1.29, 1.82) is 0 Å². The average molecular weight is 222 g/mol. The third-order valence-electron chi connectivity index (χ3n) is 1.42. The van der Waals surface area contributed by atoms with Crippen LogP contribution in [0.25, 0.3) is 0 Å². The number of aromatic nitrogens is 1. The van der Waals surface area contributed by atoms with E-state index in [2.05, 4.69) is 9.82 Å². The van der Waals surface area contributed by atoms with E-state index in [0.717, 1.165) is 0 Å². The Morgan fingerprint density at radius 2 is 2.13 bits per heavy atom. The van der Waals surface area contributed by atoms with Crippen molar-refractivity contribution in [3.8, 4) is 0 Å². The molecule has 1 N–H and O–H groups in total. The quantitative estimate of drug-likeness (QED) is 0.795. The fourth-order valence-corrected chi connectivity index (χ4v) is 0.836. The summed E-state index contributed by atoms with van der Waals surface area (Å²) in [5.74, 6) is -0.0979. The highest BCUT2D eigenvalue weighted by atomic mass is 19.4. The topological polar surface area (TPSA) is 45.6 Å². The van der Waals surface area contributed by atoms with Crippen LogP contribution in [-0.4, -0.2) is 23.0 Å². The number of rotatable bonds is 3. The minimum Gasteiger partial charge on any atom is -0.262 e. The maximum atomic E-state index is 11.7. The molecule has 0 atom stereocenters. The van der Waals surface area contributed by atoms with Crippen LogP contribution in [0.3, 0.4) is 0 Å². The number of alkyl halides is 3. The van der Waals surface area contributed by atoms with Crippen molar-refractivity contribution in [1.82, 2.24) is 4.98 Å². The summed E-state index contributed by atoms with van der Waals surface area (Å²) in [7, 11) is 0. The fourth-order valence-electron chi connectivity index (χ4n) is 0.836. The van der Waals surface area contributed by atoms with Crippen molar-refractivity contribution < 1.29 is 23.2 Å². The number of anilines is 1. The SMILES string of the molecule is Cc1cccc(N(O)OCC(F)(F)F)n1. The van der Waals surface area contributed by atoms with E-state index in [9.17, 15) is 13.2 Å². The molecule has 1 aromatic heterocycles. The van der Waals surface area contributed by atoms with Gasteiger partial charge >= 0.3 is 6.18 Å². The van der Waals surface area contributed by atoms with Gasteiger partial charge in [0.15, 0.2) is 12.4 Å². The summed E-state index contributed by atoms with van der Waals surface area (Å²) in [6.45, 7) is 0.0697. The lowest BCUT2D eigenvalue weighted by atomic mass is 10.4. The van der Waals surface area contributed by atoms with Crippen LogP contribution in [0.4, 0.5) is 19.0 Å². The third kappa shape index (κ3) is 4.13. The van der Waals surface area contributed by atoms with Crippen molar-refractivity contribution in [2.45, 2.75) is 13.1 Å². The van der Waals surface area contributed by atoms with Crippen molar-refractivity contribution in [3.63, 3.8) is 0 Å². The highest BCUT2D eigenvalue weighted by molar-refractivity contribution is 5.32. The first-order valence-electron chi connectivity index (χ1n) is 4.01. The Hall–Kier alpha value is -1.34. The second kappa shape index (κ2) is 4.45. The fraction of sp³-hybridized carbons (Fsp3) is 0.375. The molecular weight excluding hydrogens is 213 g/mol. The molecule has 0 aliphatic rings. The molecule has 0 saturated heterocycles. The van der Waals surface area contributed by atoms with Crippen molar-refractivity contribution in [2.75, 3.05) is 11.8 Å². The molecule has 0 aromatic carbocycles. The van der Waals surface area contributed by atoms with Crippen LogP contribution in [-0.2, 0) is 4.84 Å². The van der Waals surface area contributed by atoms with Gasteiger partial charge in [-0.1, -0.05) is 6.07 Å². The van der Waals surface area contributed by atoms with Crippen LogP contribution in [0.1, 0.15) is 5.69 Å². The summed E-state index contributed by atoms with van der Waals surface area (Å²) >= 11 is 0. The first kappa shape index (κ1) is 11.7. The largest absolute Gasteiger partial charge is 0.414 e. The summed E-state index contributed by atoms with van der Waals surface area (Å²) in [5.41, 5.74) is 0.558. The van der Waals surface area contributed by atoms with Gasteiger partial charge in [0.25, 0.3) is 0 Å². The Balaban J connectivity index is 2.58. The number of aryl methyl sites for hydroxylation is 1. The maximum absolute atomic E-state index is 11.7. The summed E-state index contributed by atoms with van der Waals surface area (Å²) in [5, 5.41) is 9.06. The molecule has 0 amide bonds. The van der Waals surface area contributed by atoms with Crippen LogP contribution < -0.4 is 5.23 Å². The Bertz CT molecular complexity index is 330. The van der Waals surface area contributed by atoms with Crippen LogP contribution in [0, 0.1) is 6.92 Å². The summed E-state index contributed by atoms with van der Waals surface area (Å²) < 4.78 is 35.2. The van der Waals surface area contributed by atoms with Gasteiger partial charge in [0, 0.05) is 5.69 Å². The molecule has 15 heavy (non-hydrogen) atoms.